The van der Waals surface area contributed by atoms with E-state index in [1.165, 1.54) is 0 Å². The van der Waals surface area contributed by atoms with E-state index in [9.17, 15) is 18.0 Å². The van der Waals surface area contributed by atoms with Gasteiger partial charge in [0.25, 0.3) is 5.91 Å². The van der Waals surface area contributed by atoms with Gasteiger partial charge in [-0.25, -0.2) is 13.2 Å². The van der Waals surface area contributed by atoms with E-state index in [1.54, 1.807) is 29.7 Å². The summed E-state index contributed by atoms with van der Waals surface area (Å²) in [6.07, 6.45) is 4.69. The Hall–Kier alpha value is -3.10. The van der Waals surface area contributed by atoms with Gasteiger partial charge >= 0.3 is 0 Å². The zero-order valence-corrected chi connectivity index (χ0v) is 17.5. The zero-order chi connectivity index (χ0) is 22.0. The molecule has 9 heteroatoms. The SMILES string of the molecule is Cc1c(C(=O)N2[C@H]3CCC[C@@H]2c2nn(C)c(-c4cc(F)c(F)c(F)c4)c2C3)cnn1C. The maximum absolute atomic E-state index is 13.9. The minimum Gasteiger partial charge on any atom is -0.327 e. The molecule has 0 unspecified atom stereocenters. The van der Waals surface area contributed by atoms with Crippen LogP contribution in [0.15, 0.2) is 18.3 Å². The number of aryl methyl sites for hydroxylation is 2. The van der Waals surface area contributed by atoms with E-state index >= 15 is 0 Å². The van der Waals surface area contributed by atoms with Crippen molar-refractivity contribution < 1.29 is 18.0 Å². The molecule has 0 N–H and O–H groups in total. The summed E-state index contributed by atoms with van der Waals surface area (Å²) in [5.41, 5.74) is 3.79. The van der Waals surface area contributed by atoms with Crippen LogP contribution in [0.2, 0.25) is 0 Å². The van der Waals surface area contributed by atoms with E-state index < -0.39 is 17.5 Å². The van der Waals surface area contributed by atoms with E-state index in [1.807, 2.05) is 11.8 Å². The summed E-state index contributed by atoms with van der Waals surface area (Å²) in [6, 6.07) is 1.74. The summed E-state index contributed by atoms with van der Waals surface area (Å²) >= 11 is 0. The Kier molecular flexibility index (Phi) is 4.46. The third-order valence-corrected chi connectivity index (χ3v) is 6.63. The smallest absolute Gasteiger partial charge is 0.258 e. The molecule has 2 atom stereocenters. The van der Waals surface area contributed by atoms with Gasteiger partial charge in [0.05, 0.1) is 29.2 Å². The highest BCUT2D eigenvalue weighted by Crippen LogP contribution is 2.45. The highest BCUT2D eigenvalue weighted by atomic mass is 19.2. The number of carbonyl (C=O) groups excluding carboxylic acids is 1. The fourth-order valence-corrected chi connectivity index (χ4v) is 5.05. The lowest BCUT2D eigenvalue weighted by Gasteiger charge is -2.45. The first-order valence-corrected chi connectivity index (χ1v) is 10.3. The van der Waals surface area contributed by atoms with Gasteiger partial charge in [-0.2, -0.15) is 10.2 Å². The van der Waals surface area contributed by atoms with E-state index in [-0.39, 0.29) is 23.6 Å². The Morgan fingerprint density at radius 3 is 2.45 bits per heavy atom. The summed E-state index contributed by atoms with van der Waals surface area (Å²) in [6.45, 7) is 1.86. The molecule has 1 aromatic carbocycles. The van der Waals surface area contributed by atoms with Gasteiger partial charge in [-0.05, 0) is 44.7 Å². The van der Waals surface area contributed by atoms with Crippen LogP contribution >= 0.6 is 0 Å². The van der Waals surface area contributed by atoms with Gasteiger partial charge in [0, 0.05) is 37.0 Å². The normalized spacial score (nSPS) is 20.1. The number of hydrogen-bond donors (Lipinski definition) is 0. The molecule has 1 fully saturated rings. The molecule has 5 rings (SSSR count). The second-order valence-corrected chi connectivity index (χ2v) is 8.37. The molecule has 162 valence electrons. The predicted octanol–water partition coefficient (Wildman–Crippen LogP) is 3.84. The zero-order valence-electron chi connectivity index (χ0n) is 17.5. The summed E-state index contributed by atoms with van der Waals surface area (Å²) in [5, 5.41) is 8.85. The number of rotatable bonds is 2. The Balaban J connectivity index is 1.60. The van der Waals surface area contributed by atoms with Gasteiger partial charge in [0.1, 0.15) is 0 Å². The second-order valence-electron chi connectivity index (χ2n) is 8.37. The Bertz CT molecular complexity index is 1190. The number of fused-ring (bicyclic) bond motifs is 4. The van der Waals surface area contributed by atoms with Crippen molar-refractivity contribution in [2.75, 3.05) is 0 Å². The molecule has 0 aliphatic carbocycles. The summed E-state index contributed by atoms with van der Waals surface area (Å²) in [7, 11) is 3.50. The molecule has 2 aliphatic rings. The number of aromatic nitrogens is 4. The van der Waals surface area contributed by atoms with Crippen molar-refractivity contribution in [2.45, 2.75) is 44.7 Å². The number of piperidine rings is 1. The molecule has 0 saturated carbocycles. The largest absolute Gasteiger partial charge is 0.327 e. The van der Waals surface area contributed by atoms with Crippen LogP contribution in [0.25, 0.3) is 11.3 Å². The fourth-order valence-electron chi connectivity index (χ4n) is 5.05. The van der Waals surface area contributed by atoms with Gasteiger partial charge in [-0.3, -0.25) is 14.2 Å². The second kappa shape index (κ2) is 6.96. The van der Waals surface area contributed by atoms with Crippen LogP contribution in [-0.2, 0) is 20.5 Å². The summed E-state index contributed by atoms with van der Waals surface area (Å²) < 4.78 is 44.6. The summed E-state index contributed by atoms with van der Waals surface area (Å²) in [5.74, 6) is -4.02. The van der Waals surface area contributed by atoms with Crippen LogP contribution in [0.4, 0.5) is 13.2 Å². The molecule has 31 heavy (non-hydrogen) atoms. The van der Waals surface area contributed by atoms with E-state index in [0.29, 0.717) is 17.7 Å². The predicted molar refractivity (Wildman–Crippen MR) is 107 cm³/mol. The number of amides is 1. The Labute approximate surface area is 177 Å². The molecule has 0 spiro atoms. The lowest BCUT2D eigenvalue weighted by atomic mass is 9.81. The van der Waals surface area contributed by atoms with Crippen LogP contribution in [0.5, 0.6) is 0 Å². The average Bonchev–Trinajstić information content (AvgIpc) is 3.23. The van der Waals surface area contributed by atoms with Crippen LogP contribution in [0, 0.1) is 24.4 Å². The molecule has 2 aliphatic heterocycles. The highest BCUT2D eigenvalue weighted by Gasteiger charge is 2.44. The number of halogens is 3. The molecule has 4 heterocycles. The minimum atomic E-state index is -1.49. The lowest BCUT2D eigenvalue weighted by molar-refractivity contribution is 0.0391. The quantitative estimate of drug-likeness (QED) is 0.582. The highest BCUT2D eigenvalue weighted by molar-refractivity contribution is 5.96. The topological polar surface area (TPSA) is 56.0 Å². The molecule has 6 nitrogen and oxygen atoms in total. The van der Waals surface area contributed by atoms with Crippen molar-refractivity contribution in [3.8, 4) is 11.3 Å². The van der Waals surface area contributed by atoms with Gasteiger partial charge in [-0.1, -0.05) is 0 Å². The van der Waals surface area contributed by atoms with Crippen molar-refractivity contribution in [3.05, 3.63) is 58.3 Å². The monoisotopic (exact) mass is 429 g/mol. The molecule has 2 bridgehead atoms. The molecule has 0 radical (unpaired) electrons. The number of carbonyl (C=O) groups is 1. The molecular weight excluding hydrogens is 407 g/mol. The Morgan fingerprint density at radius 1 is 1.10 bits per heavy atom. The van der Waals surface area contributed by atoms with E-state index in [4.69, 9.17) is 0 Å². The first-order chi connectivity index (χ1) is 14.8. The van der Waals surface area contributed by atoms with Crippen molar-refractivity contribution >= 4 is 5.91 Å². The summed E-state index contributed by atoms with van der Waals surface area (Å²) in [4.78, 5) is 15.3. The van der Waals surface area contributed by atoms with E-state index in [0.717, 1.165) is 48.3 Å². The van der Waals surface area contributed by atoms with Gasteiger partial charge in [0.15, 0.2) is 17.5 Å². The number of hydrogen-bond acceptors (Lipinski definition) is 3. The van der Waals surface area contributed by atoms with Crippen LogP contribution in [0.3, 0.4) is 0 Å². The molecule has 3 aromatic rings. The van der Waals surface area contributed by atoms with Gasteiger partial charge in [0.2, 0.25) is 0 Å². The van der Waals surface area contributed by atoms with Gasteiger partial charge < -0.3 is 4.90 Å². The third-order valence-electron chi connectivity index (χ3n) is 6.63. The maximum atomic E-state index is 13.9. The number of benzene rings is 1. The van der Waals surface area contributed by atoms with E-state index in [2.05, 4.69) is 10.2 Å². The Morgan fingerprint density at radius 2 is 1.81 bits per heavy atom. The molecule has 1 saturated heterocycles. The first-order valence-electron chi connectivity index (χ1n) is 10.3. The molecular formula is C22H22F3N5O. The average molecular weight is 429 g/mol. The van der Waals surface area contributed by atoms with Crippen LogP contribution < -0.4 is 0 Å². The van der Waals surface area contributed by atoms with Gasteiger partial charge in [-0.15, -0.1) is 0 Å². The number of nitrogens with zero attached hydrogens (tertiary/aromatic N) is 5. The lowest BCUT2D eigenvalue weighted by Crippen LogP contribution is -2.50. The molecule has 2 aromatic heterocycles. The maximum Gasteiger partial charge on any atom is 0.258 e. The standard InChI is InChI=1S/C22H22F3N5O/c1-11-15(10-26-28(11)2)22(31)30-13-5-4-6-18(30)20-14(9-13)21(29(3)27-20)12-7-16(23)19(25)17(24)8-12/h7-8,10,13,18H,4-6,9H2,1-3H3/t13-,18+/m0/s1. The van der Waals surface area contributed by atoms with Crippen molar-refractivity contribution in [2.24, 2.45) is 14.1 Å². The fraction of sp³-hybridized carbons (Fsp3) is 0.409. The minimum absolute atomic E-state index is 0.0450. The van der Waals surface area contributed by atoms with Crippen LogP contribution in [-0.4, -0.2) is 36.4 Å². The van der Waals surface area contributed by atoms with Crippen molar-refractivity contribution in [1.82, 2.24) is 24.5 Å². The first kappa shape index (κ1) is 19.8. The molecule has 1 amide bonds. The van der Waals surface area contributed by atoms with Crippen LogP contribution in [0.1, 0.15) is 52.6 Å². The van der Waals surface area contributed by atoms with Crippen molar-refractivity contribution in [1.29, 1.82) is 0 Å². The van der Waals surface area contributed by atoms with Crippen molar-refractivity contribution in [3.63, 3.8) is 0 Å². The third kappa shape index (κ3) is 2.90.